The third-order valence-corrected chi connectivity index (χ3v) is 7.79. The molecule has 152 valence electrons. The largest absolute Gasteiger partial charge is 0.311 e. The van der Waals surface area contributed by atoms with E-state index in [0.29, 0.717) is 26.9 Å². The summed E-state index contributed by atoms with van der Waals surface area (Å²) < 4.78 is 28.0. The number of benzene rings is 2. The Morgan fingerprint density at radius 1 is 1.21 bits per heavy atom. The second kappa shape index (κ2) is 8.41. The lowest BCUT2D eigenvalue weighted by Crippen LogP contribution is -2.22. The molecule has 2 aromatic carbocycles. The molecular formula is C19H17Cl2N3O3S2. The van der Waals surface area contributed by atoms with E-state index in [1.54, 1.807) is 16.7 Å². The number of hydrogen-bond donors (Lipinski definition) is 0. The Kier molecular flexibility index (Phi) is 6.30. The van der Waals surface area contributed by atoms with Gasteiger partial charge in [-0.15, -0.1) is 6.58 Å². The fourth-order valence-electron chi connectivity index (χ4n) is 2.62. The number of nitrogens with zero attached hydrogens (tertiary/aromatic N) is 3. The van der Waals surface area contributed by atoms with Crippen molar-refractivity contribution in [3.05, 3.63) is 69.5 Å². The van der Waals surface area contributed by atoms with Gasteiger partial charge in [-0.25, -0.2) is 12.7 Å². The van der Waals surface area contributed by atoms with Crippen molar-refractivity contribution in [2.45, 2.75) is 11.4 Å². The SMILES string of the molecule is C=CCn1c(=NC(=O)c2ccc(S(=O)(=O)N(C)C)cc2)sc2ccc(Cl)c(Cl)c21. The Bertz CT molecular complexity index is 1270. The molecule has 10 heteroatoms. The standard InChI is InChI=1S/C19H17Cl2N3O3S2/c1-4-11-24-17-15(10-9-14(20)16(17)21)28-19(24)22-18(25)12-5-7-13(8-6-12)29(26,27)23(2)3/h4-10H,1,11H2,2-3H3. The molecule has 0 N–H and O–H groups in total. The van der Waals surface area contributed by atoms with Crippen LogP contribution in [0, 0.1) is 0 Å². The molecule has 0 aliphatic rings. The van der Waals surface area contributed by atoms with Gasteiger partial charge in [-0.2, -0.15) is 4.99 Å². The van der Waals surface area contributed by atoms with Gasteiger partial charge in [0.1, 0.15) is 0 Å². The zero-order valence-electron chi connectivity index (χ0n) is 15.6. The van der Waals surface area contributed by atoms with Gasteiger partial charge in [0.2, 0.25) is 10.0 Å². The molecule has 0 aliphatic heterocycles. The van der Waals surface area contributed by atoms with Crippen molar-refractivity contribution in [2.75, 3.05) is 14.1 Å². The van der Waals surface area contributed by atoms with Gasteiger partial charge in [-0.3, -0.25) is 4.79 Å². The first-order valence-corrected chi connectivity index (χ1v) is 11.4. The molecule has 1 amide bonds. The number of hydrogen-bond acceptors (Lipinski definition) is 4. The van der Waals surface area contributed by atoms with E-state index in [-0.39, 0.29) is 10.5 Å². The lowest BCUT2D eigenvalue weighted by molar-refractivity contribution is 0.0998. The van der Waals surface area contributed by atoms with Gasteiger partial charge in [0, 0.05) is 26.2 Å². The molecule has 3 aromatic rings. The van der Waals surface area contributed by atoms with Crippen LogP contribution in [0.5, 0.6) is 0 Å². The van der Waals surface area contributed by atoms with Crippen LogP contribution in [0.4, 0.5) is 0 Å². The van der Waals surface area contributed by atoms with E-state index in [1.165, 1.54) is 49.7 Å². The van der Waals surface area contributed by atoms with E-state index in [1.807, 2.05) is 6.07 Å². The number of fused-ring (bicyclic) bond motifs is 1. The zero-order valence-corrected chi connectivity index (χ0v) is 18.7. The molecule has 0 aliphatic carbocycles. The van der Waals surface area contributed by atoms with Crippen LogP contribution in [-0.2, 0) is 16.6 Å². The number of carbonyl (C=O) groups excluding carboxylic acids is 1. The molecule has 0 radical (unpaired) electrons. The Morgan fingerprint density at radius 3 is 2.45 bits per heavy atom. The van der Waals surface area contributed by atoms with Crippen molar-refractivity contribution in [3.63, 3.8) is 0 Å². The van der Waals surface area contributed by atoms with E-state index in [9.17, 15) is 13.2 Å². The van der Waals surface area contributed by atoms with Crippen molar-refractivity contribution in [1.29, 1.82) is 0 Å². The summed E-state index contributed by atoms with van der Waals surface area (Å²) in [4.78, 5) is 17.4. The molecule has 1 aromatic heterocycles. The first-order valence-electron chi connectivity index (χ1n) is 8.36. The third kappa shape index (κ3) is 4.17. The number of sulfonamides is 1. The molecule has 6 nitrogen and oxygen atoms in total. The quantitative estimate of drug-likeness (QED) is 0.525. The van der Waals surface area contributed by atoms with Crippen LogP contribution in [0.25, 0.3) is 10.2 Å². The first kappa shape index (κ1) is 21.7. The summed E-state index contributed by atoms with van der Waals surface area (Å²) in [5.74, 6) is -0.495. The second-order valence-corrected chi connectivity index (χ2v) is 10.2. The molecule has 1 heterocycles. The lowest BCUT2D eigenvalue weighted by Gasteiger charge is -2.11. The van der Waals surface area contributed by atoms with Crippen LogP contribution in [0.15, 0.2) is 58.9 Å². The molecule has 0 atom stereocenters. The van der Waals surface area contributed by atoms with E-state index in [0.717, 1.165) is 9.01 Å². The van der Waals surface area contributed by atoms with Gasteiger partial charge < -0.3 is 4.57 Å². The van der Waals surface area contributed by atoms with Crippen molar-refractivity contribution < 1.29 is 13.2 Å². The fourth-order valence-corrected chi connectivity index (χ4v) is 5.04. The minimum atomic E-state index is -3.57. The summed E-state index contributed by atoms with van der Waals surface area (Å²) >= 11 is 13.8. The second-order valence-electron chi connectivity index (χ2n) is 6.22. The van der Waals surface area contributed by atoms with Crippen molar-refractivity contribution in [2.24, 2.45) is 4.99 Å². The van der Waals surface area contributed by atoms with Crippen LogP contribution in [0.3, 0.4) is 0 Å². The van der Waals surface area contributed by atoms with Gasteiger partial charge in [-0.1, -0.05) is 40.6 Å². The highest BCUT2D eigenvalue weighted by atomic mass is 35.5. The summed E-state index contributed by atoms with van der Waals surface area (Å²) in [6.45, 7) is 4.14. The number of rotatable bonds is 5. The predicted octanol–water partition coefficient (Wildman–Crippen LogP) is 4.19. The molecule has 29 heavy (non-hydrogen) atoms. The van der Waals surface area contributed by atoms with Crippen LogP contribution in [0.1, 0.15) is 10.4 Å². The molecule has 0 bridgehead atoms. The van der Waals surface area contributed by atoms with Gasteiger partial charge >= 0.3 is 0 Å². The minimum Gasteiger partial charge on any atom is -0.311 e. The van der Waals surface area contributed by atoms with E-state index in [4.69, 9.17) is 23.2 Å². The van der Waals surface area contributed by atoms with E-state index in [2.05, 4.69) is 11.6 Å². The number of thiazole rings is 1. The summed E-state index contributed by atoms with van der Waals surface area (Å²) in [6.07, 6.45) is 1.67. The smallest absolute Gasteiger partial charge is 0.279 e. The molecule has 0 unspecified atom stereocenters. The summed E-state index contributed by atoms with van der Waals surface area (Å²) in [6, 6.07) is 9.16. The Hall–Kier alpha value is -1.97. The number of carbonyl (C=O) groups is 1. The van der Waals surface area contributed by atoms with Crippen molar-refractivity contribution >= 4 is 60.7 Å². The molecule has 3 rings (SSSR count). The highest BCUT2D eigenvalue weighted by molar-refractivity contribution is 7.89. The Balaban J connectivity index is 2.07. The summed E-state index contributed by atoms with van der Waals surface area (Å²) in [5, 5.41) is 0.791. The third-order valence-electron chi connectivity index (χ3n) is 4.12. The van der Waals surface area contributed by atoms with Crippen LogP contribution < -0.4 is 4.80 Å². The molecule has 0 saturated carbocycles. The van der Waals surface area contributed by atoms with Crippen molar-refractivity contribution in [1.82, 2.24) is 8.87 Å². The summed E-state index contributed by atoms with van der Waals surface area (Å²) in [7, 11) is -0.677. The number of halogens is 2. The van der Waals surface area contributed by atoms with Gasteiger partial charge in [-0.05, 0) is 36.4 Å². The highest BCUT2D eigenvalue weighted by Gasteiger charge is 2.18. The average Bonchev–Trinajstić information content (AvgIpc) is 3.03. The maximum Gasteiger partial charge on any atom is 0.279 e. The number of amides is 1. The molecule has 0 spiro atoms. The Labute approximate surface area is 182 Å². The van der Waals surface area contributed by atoms with E-state index < -0.39 is 15.9 Å². The summed E-state index contributed by atoms with van der Waals surface area (Å²) in [5.41, 5.74) is 0.956. The van der Waals surface area contributed by atoms with Crippen LogP contribution in [0.2, 0.25) is 10.0 Å². The zero-order chi connectivity index (χ0) is 21.3. The van der Waals surface area contributed by atoms with Crippen molar-refractivity contribution in [3.8, 4) is 0 Å². The maximum atomic E-state index is 12.7. The van der Waals surface area contributed by atoms with E-state index >= 15 is 0 Å². The van der Waals surface area contributed by atoms with Gasteiger partial charge in [0.15, 0.2) is 4.80 Å². The number of aromatic nitrogens is 1. The van der Waals surface area contributed by atoms with Crippen LogP contribution in [-0.4, -0.2) is 37.3 Å². The lowest BCUT2D eigenvalue weighted by atomic mass is 10.2. The normalized spacial score (nSPS) is 12.7. The monoisotopic (exact) mass is 469 g/mol. The molecular weight excluding hydrogens is 453 g/mol. The van der Waals surface area contributed by atoms with Gasteiger partial charge in [0.05, 0.1) is 25.2 Å². The first-order chi connectivity index (χ1) is 13.7. The van der Waals surface area contributed by atoms with Crippen LogP contribution >= 0.6 is 34.5 Å². The topological polar surface area (TPSA) is 71.7 Å². The van der Waals surface area contributed by atoms with Gasteiger partial charge in [0.25, 0.3) is 5.91 Å². The average molecular weight is 470 g/mol. The number of allylic oxidation sites excluding steroid dienone is 1. The maximum absolute atomic E-state index is 12.7. The highest BCUT2D eigenvalue weighted by Crippen LogP contribution is 2.32. The molecule has 0 saturated heterocycles. The molecule has 0 fully saturated rings. The predicted molar refractivity (Wildman–Crippen MR) is 117 cm³/mol. The fraction of sp³-hybridized carbons (Fsp3) is 0.158. The minimum absolute atomic E-state index is 0.101. The Morgan fingerprint density at radius 2 is 1.86 bits per heavy atom.